The van der Waals surface area contributed by atoms with Crippen molar-refractivity contribution in [1.29, 1.82) is 0 Å². The van der Waals surface area contributed by atoms with Crippen LogP contribution in [0.3, 0.4) is 0 Å². The Morgan fingerprint density at radius 2 is 1.74 bits per heavy atom. The molecule has 0 aromatic heterocycles. The molecule has 0 unspecified atom stereocenters. The fraction of sp³-hybridized carbons (Fsp3) is 0.200. The van der Waals surface area contributed by atoms with Crippen molar-refractivity contribution >= 4 is 28.0 Å². The lowest BCUT2D eigenvalue weighted by molar-refractivity contribution is -0.0331. The maximum atomic E-state index is 11.8. The Morgan fingerprint density at radius 1 is 1.26 bits per heavy atom. The average Bonchev–Trinajstić information content (AvgIpc) is 2.38. The molecule has 4 nitrogen and oxygen atoms in total. The first-order valence-corrected chi connectivity index (χ1v) is 6.98. The molecule has 19 heavy (non-hydrogen) atoms. The van der Waals surface area contributed by atoms with Gasteiger partial charge in [0.05, 0.1) is 4.90 Å². The van der Waals surface area contributed by atoms with Crippen LogP contribution < -0.4 is 4.13 Å². The van der Waals surface area contributed by atoms with E-state index in [4.69, 9.17) is 5.11 Å². The summed E-state index contributed by atoms with van der Waals surface area (Å²) in [6.45, 7) is 3.47. The average molecular weight is 315 g/mol. The maximum absolute atomic E-state index is 11.8. The van der Waals surface area contributed by atoms with Crippen molar-refractivity contribution in [1.82, 2.24) is 4.13 Å². The van der Waals surface area contributed by atoms with Gasteiger partial charge in [-0.2, -0.15) is 13.2 Å². The highest BCUT2D eigenvalue weighted by Crippen LogP contribution is 2.29. The van der Waals surface area contributed by atoms with Gasteiger partial charge in [-0.15, -0.1) is 4.13 Å². The molecule has 0 aliphatic heterocycles. The first-order chi connectivity index (χ1) is 8.74. The number of nitrogens with one attached hydrogen (secondary N) is 1. The molecule has 0 saturated carbocycles. The van der Waals surface area contributed by atoms with Gasteiger partial charge in [-0.05, 0) is 17.7 Å². The fourth-order valence-corrected chi connectivity index (χ4v) is 2.63. The second kappa shape index (κ2) is 7.53. The van der Waals surface area contributed by atoms with E-state index < -0.39 is 27.5 Å². The van der Waals surface area contributed by atoms with Crippen LogP contribution in [0, 0.1) is 0 Å². The van der Waals surface area contributed by atoms with E-state index in [1.807, 2.05) is 0 Å². The molecule has 0 aliphatic rings. The lowest BCUT2D eigenvalue weighted by Crippen LogP contribution is -2.21. The van der Waals surface area contributed by atoms with Gasteiger partial charge in [0.2, 0.25) is 10.0 Å². The zero-order valence-electron chi connectivity index (χ0n) is 9.81. The Hall–Kier alpha value is -1.03. The third-order valence-corrected chi connectivity index (χ3v) is 4.03. The number of hydrogen-bond donors (Lipinski definition) is 2. The molecule has 0 amide bonds. The van der Waals surface area contributed by atoms with Crippen molar-refractivity contribution in [2.45, 2.75) is 10.4 Å². The predicted molar refractivity (Wildman–Crippen MR) is 68.6 cm³/mol. The largest absolute Gasteiger partial charge is 0.457 e. The van der Waals surface area contributed by atoms with Gasteiger partial charge in [-0.1, -0.05) is 24.8 Å². The number of aliphatic hydroxyl groups excluding tert-OH is 1. The number of hydrogen-bond acceptors (Lipinski definition) is 4. The Labute approximate surface area is 113 Å². The Kier molecular flexibility index (Phi) is 7.12. The molecule has 0 heterocycles. The molecule has 0 fully saturated rings. The molecule has 0 atom stereocenters. The molecule has 0 spiro atoms. The third-order valence-electron chi connectivity index (χ3n) is 1.69. The summed E-state index contributed by atoms with van der Waals surface area (Å²) in [5.74, 6) is 0. The second-order valence-corrected chi connectivity index (χ2v) is 5.72. The first-order valence-electron chi connectivity index (χ1n) is 4.68. The molecule has 2 N–H and O–H groups in total. The van der Waals surface area contributed by atoms with Gasteiger partial charge < -0.3 is 5.11 Å². The highest BCUT2D eigenvalue weighted by Gasteiger charge is 2.31. The van der Waals surface area contributed by atoms with E-state index in [-0.39, 0.29) is 4.90 Å². The molecule has 9 heteroatoms. The topological polar surface area (TPSA) is 66.4 Å². The van der Waals surface area contributed by atoms with Crippen molar-refractivity contribution in [3.63, 3.8) is 0 Å². The van der Waals surface area contributed by atoms with Crippen LogP contribution in [0.2, 0.25) is 0 Å². The van der Waals surface area contributed by atoms with Gasteiger partial charge in [-0.3, -0.25) is 0 Å². The SMILES string of the molecule is C=Cc1ccc(S(=O)(=O)NSC(F)(F)F)cc1.CO. The molecule has 0 bridgehead atoms. The van der Waals surface area contributed by atoms with Crippen molar-refractivity contribution < 1.29 is 26.7 Å². The minimum Gasteiger partial charge on any atom is -0.400 e. The highest BCUT2D eigenvalue weighted by molar-refractivity contribution is 8.09. The van der Waals surface area contributed by atoms with Crippen LogP contribution in [-0.4, -0.2) is 26.1 Å². The van der Waals surface area contributed by atoms with Crippen LogP contribution in [0.15, 0.2) is 35.7 Å². The quantitative estimate of drug-likeness (QED) is 0.837. The normalized spacial score (nSPS) is 11.4. The smallest absolute Gasteiger partial charge is 0.400 e. The lowest BCUT2D eigenvalue weighted by atomic mass is 10.2. The zero-order valence-corrected chi connectivity index (χ0v) is 11.4. The van der Waals surface area contributed by atoms with Crippen LogP contribution in [0.1, 0.15) is 5.56 Å². The van der Waals surface area contributed by atoms with Gasteiger partial charge in [0.25, 0.3) is 0 Å². The molecular weight excluding hydrogens is 303 g/mol. The van der Waals surface area contributed by atoms with Crippen LogP contribution >= 0.6 is 11.9 Å². The zero-order chi connectivity index (χ0) is 15.1. The molecule has 1 rings (SSSR count). The Balaban J connectivity index is 0.00000154. The van der Waals surface area contributed by atoms with E-state index in [0.717, 1.165) is 7.11 Å². The number of benzene rings is 1. The summed E-state index contributed by atoms with van der Waals surface area (Å²) < 4.78 is 59.8. The minimum atomic E-state index is -4.66. The van der Waals surface area contributed by atoms with Gasteiger partial charge in [-0.25, -0.2) is 8.42 Å². The maximum Gasteiger partial charge on any atom is 0.457 e. The van der Waals surface area contributed by atoms with E-state index in [1.165, 1.54) is 34.5 Å². The van der Waals surface area contributed by atoms with E-state index in [0.29, 0.717) is 5.56 Å². The third kappa shape index (κ3) is 6.62. The van der Waals surface area contributed by atoms with Crippen LogP contribution in [0.4, 0.5) is 13.2 Å². The van der Waals surface area contributed by atoms with E-state index in [1.54, 1.807) is 0 Å². The Morgan fingerprint density at radius 3 is 2.11 bits per heavy atom. The molecule has 108 valence electrons. The van der Waals surface area contributed by atoms with Gasteiger partial charge in [0, 0.05) is 19.1 Å². The summed E-state index contributed by atoms with van der Waals surface area (Å²) in [7, 11) is -3.16. The molecular formula is C10H12F3NO3S2. The number of aliphatic hydroxyl groups is 1. The summed E-state index contributed by atoms with van der Waals surface area (Å²) in [6, 6.07) is 5.30. The minimum absolute atomic E-state index is 0.236. The van der Waals surface area contributed by atoms with E-state index >= 15 is 0 Å². The molecule has 0 saturated heterocycles. The monoisotopic (exact) mass is 315 g/mol. The summed E-state index contributed by atoms with van der Waals surface area (Å²) in [6.07, 6.45) is 1.49. The fourth-order valence-electron chi connectivity index (χ4n) is 0.933. The van der Waals surface area contributed by atoms with Crippen molar-refractivity contribution in [2.24, 2.45) is 0 Å². The molecule has 1 aromatic rings. The van der Waals surface area contributed by atoms with Gasteiger partial charge in [0.15, 0.2) is 0 Å². The molecule has 0 aliphatic carbocycles. The number of rotatable bonds is 4. The number of sulfonamides is 1. The summed E-state index contributed by atoms with van der Waals surface area (Å²) >= 11 is -0.813. The summed E-state index contributed by atoms with van der Waals surface area (Å²) in [5.41, 5.74) is -3.99. The predicted octanol–water partition coefficient (Wildman–Crippen LogP) is 2.38. The Bertz CT molecular complexity index is 498. The summed E-state index contributed by atoms with van der Waals surface area (Å²) in [5, 5.41) is 7.00. The van der Waals surface area contributed by atoms with E-state index in [2.05, 4.69) is 6.58 Å². The molecule has 0 radical (unpaired) electrons. The van der Waals surface area contributed by atoms with Gasteiger partial charge >= 0.3 is 5.51 Å². The van der Waals surface area contributed by atoms with Crippen molar-refractivity contribution in [2.75, 3.05) is 7.11 Å². The van der Waals surface area contributed by atoms with Gasteiger partial charge in [0.1, 0.15) is 0 Å². The number of halogens is 3. The second-order valence-electron chi connectivity index (χ2n) is 2.91. The van der Waals surface area contributed by atoms with Crippen LogP contribution in [0.25, 0.3) is 6.08 Å². The summed E-state index contributed by atoms with van der Waals surface area (Å²) in [4.78, 5) is -0.236. The van der Waals surface area contributed by atoms with Crippen LogP contribution in [0.5, 0.6) is 0 Å². The van der Waals surface area contributed by atoms with Crippen molar-refractivity contribution in [3.05, 3.63) is 36.4 Å². The van der Waals surface area contributed by atoms with Crippen LogP contribution in [-0.2, 0) is 10.0 Å². The number of alkyl halides is 3. The van der Waals surface area contributed by atoms with Crippen molar-refractivity contribution in [3.8, 4) is 0 Å². The standard InChI is InChI=1S/C9H8F3NO2S2.CH4O/c1-2-7-3-5-8(6-4-7)17(14,15)13-16-9(10,11)12;1-2/h2-6,13H,1H2;2H,1H3. The molecule has 1 aromatic carbocycles. The highest BCUT2D eigenvalue weighted by atomic mass is 32.3. The first kappa shape index (κ1) is 18.0. The lowest BCUT2D eigenvalue weighted by Gasteiger charge is -2.08. The van der Waals surface area contributed by atoms with E-state index in [9.17, 15) is 21.6 Å².